The summed E-state index contributed by atoms with van der Waals surface area (Å²) >= 11 is 6.90. The van der Waals surface area contributed by atoms with Crippen molar-refractivity contribution >= 4 is 56.9 Å². The fraction of sp³-hybridized carbons (Fsp3) is 0.174. The van der Waals surface area contributed by atoms with E-state index in [0.29, 0.717) is 22.1 Å². The molecule has 0 fully saturated rings. The molecule has 0 radical (unpaired) electrons. The van der Waals surface area contributed by atoms with Crippen LogP contribution in [-0.2, 0) is 16.0 Å². The number of esters is 1. The van der Waals surface area contributed by atoms with E-state index >= 15 is 0 Å². The number of nitrogens with one attached hydrogen (secondary N) is 2. The smallest absolute Gasteiger partial charge is 0.340 e. The summed E-state index contributed by atoms with van der Waals surface area (Å²) in [5.41, 5.74) is 3.15. The van der Waals surface area contributed by atoms with Gasteiger partial charge in [0.1, 0.15) is 5.00 Å². The molecule has 8 heteroatoms. The number of thiocarbonyl (C=S) groups is 1. The summed E-state index contributed by atoms with van der Waals surface area (Å²) in [4.78, 5) is 26.3. The van der Waals surface area contributed by atoms with Crippen molar-refractivity contribution in [3.8, 4) is 0 Å². The van der Waals surface area contributed by atoms with Crippen molar-refractivity contribution < 1.29 is 14.3 Å². The molecular weight excluding hydrogens is 430 g/mol. The van der Waals surface area contributed by atoms with E-state index in [1.807, 2.05) is 60.7 Å². The summed E-state index contributed by atoms with van der Waals surface area (Å²) in [7, 11) is 3.08. The number of thiophene rings is 1. The minimum Gasteiger partial charge on any atom is -0.465 e. The molecule has 1 heterocycles. The monoisotopic (exact) mass is 453 g/mol. The van der Waals surface area contributed by atoms with Gasteiger partial charge in [-0.15, -0.1) is 11.3 Å². The van der Waals surface area contributed by atoms with Gasteiger partial charge in [-0.05, 0) is 48.1 Å². The number of hydrogen-bond acceptors (Lipinski definition) is 5. The van der Waals surface area contributed by atoms with E-state index in [9.17, 15) is 9.59 Å². The van der Waals surface area contributed by atoms with Crippen LogP contribution in [0.5, 0.6) is 0 Å². The van der Waals surface area contributed by atoms with Crippen molar-refractivity contribution in [1.29, 1.82) is 0 Å². The highest BCUT2D eigenvalue weighted by Gasteiger charge is 2.18. The van der Waals surface area contributed by atoms with E-state index in [1.165, 1.54) is 25.4 Å². The Kier molecular flexibility index (Phi) is 7.38. The predicted octanol–water partition coefficient (Wildman–Crippen LogP) is 4.92. The van der Waals surface area contributed by atoms with Crippen molar-refractivity contribution in [3.63, 3.8) is 0 Å². The molecule has 0 saturated heterocycles. The summed E-state index contributed by atoms with van der Waals surface area (Å²) in [5.74, 6) is -0.463. The molecule has 0 bridgehead atoms. The summed E-state index contributed by atoms with van der Waals surface area (Å²) in [6, 6.07) is 19.2. The summed E-state index contributed by atoms with van der Waals surface area (Å²) in [6.07, 6.45) is 0.711. The summed E-state index contributed by atoms with van der Waals surface area (Å²) < 4.78 is 4.93. The Labute approximate surface area is 190 Å². The number of ether oxygens (including phenoxy) is 1. The number of anilines is 3. The quantitative estimate of drug-likeness (QED) is 0.408. The lowest BCUT2D eigenvalue weighted by molar-refractivity contribution is -0.116. The fourth-order valence-corrected chi connectivity index (χ4v) is 4.26. The maximum absolute atomic E-state index is 12.2. The van der Waals surface area contributed by atoms with Crippen molar-refractivity contribution in [2.75, 3.05) is 29.7 Å². The maximum Gasteiger partial charge on any atom is 0.340 e. The van der Waals surface area contributed by atoms with Gasteiger partial charge in [0, 0.05) is 36.6 Å². The van der Waals surface area contributed by atoms with Gasteiger partial charge in [0.2, 0.25) is 5.91 Å². The van der Waals surface area contributed by atoms with Crippen LogP contribution in [0.2, 0.25) is 0 Å². The Morgan fingerprint density at radius 1 is 1.06 bits per heavy atom. The minimum absolute atomic E-state index is 0.0442. The SMILES string of the molecule is COC(=O)c1cc(Cc2ccccc2)sc1NC(=S)Nc1ccc(N(C)C(C)=O)cc1. The number of carbonyl (C=O) groups excluding carboxylic acids is 2. The molecular formula is C23H23N3O3S2. The van der Waals surface area contributed by atoms with Crippen LogP contribution in [0, 0.1) is 0 Å². The van der Waals surface area contributed by atoms with Crippen LogP contribution in [0.3, 0.4) is 0 Å². The van der Waals surface area contributed by atoms with Gasteiger partial charge in [0.05, 0.1) is 12.7 Å². The molecule has 0 aliphatic rings. The van der Waals surface area contributed by atoms with Crippen LogP contribution < -0.4 is 15.5 Å². The number of hydrogen-bond donors (Lipinski definition) is 2. The number of amides is 1. The van der Waals surface area contributed by atoms with Gasteiger partial charge in [-0.1, -0.05) is 30.3 Å². The molecule has 1 aromatic heterocycles. The molecule has 3 aromatic rings. The lowest BCUT2D eigenvalue weighted by Crippen LogP contribution is -2.23. The second-order valence-corrected chi connectivity index (χ2v) is 8.36. The van der Waals surface area contributed by atoms with Crippen LogP contribution in [-0.4, -0.2) is 31.1 Å². The average molecular weight is 454 g/mol. The molecule has 0 unspecified atom stereocenters. The highest BCUT2D eigenvalue weighted by molar-refractivity contribution is 7.80. The molecule has 31 heavy (non-hydrogen) atoms. The second kappa shape index (κ2) is 10.2. The maximum atomic E-state index is 12.2. The zero-order chi connectivity index (χ0) is 22.4. The van der Waals surface area contributed by atoms with Crippen LogP contribution >= 0.6 is 23.6 Å². The predicted molar refractivity (Wildman–Crippen MR) is 130 cm³/mol. The molecule has 0 spiro atoms. The molecule has 160 valence electrons. The molecule has 0 atom stereocenters. The molecule has 3 rings (SSSR count). The highest BCUT2D eigenvalue weighted by atomic mass is 32.1. The lowest BCUT2D eigenvalue weighted by Gasteiger charge is -2.16. The molecule has 6 nitrogen and oxygen atoms in total. The minimum atomic E-state index is -0.419. The first kappa shape index (κ1) is 22.5. The van der Waals surface area contributed by atoms with E-state index in [-0.39, 0.29) is 5.91 Å². The number of methoxy groups -OCH3 is 1. The molecule has 2 aromatic carbocycles. The van der Waals surface area contributed by atoms with E-state index < -0.39 is 5.97 Å². The van der Waals surface area contributed by atoms with E-state index in [1.54, 1.807) is 11.9 Å². The lowest BCUT2D eigenvalue weighted by atomic mass is 10.1. The standard InChI is InChI=1S/C23H23N3O3S2/c1-15(27)26(2)18-11-9-17(10-12-18)24-23(30)25-21-20(22(28)29-3)14-19(31-21)13-16-7-5-4-6-8-16/h4-12,14H,13H2,1-3H3,(H2,24,25,30). The van der Waals surface area contributed by atoms with Crippen molar-refractivity contribution in [1.82, 2.24) is 0 Å². The van der Waals surface area contributed by atoms with Crippen LogP contribution in [0.25, 0.3) is 0 Å². The second-order valence-electron chi connectivity index (χ2n) is 6.81. The van der Waals surface area contributed by atoms with Crippen LogP contribution in [0.15, 0.2) is 60.7 Å². The Morgan fingerprint density at radius 2 is 1.74 bits per heavy atom. The molecule has 2 N–H and O–H groups in total. The van der Waals surface area contributed by atoms with Crippen molar-refractivity contribution in [2.24, 2.45) is 0 Å². The number of carbonyl (C=O) groups is 2. The topological polar surface area (TPSA) is 70.7 Å². The molecule has 0 aliphatic carbocycles. The highest BCUT2D eigenvalue weighted by Crippen LogP contribution is 2.31. The fourth-order valence-electron chi connectivity index (χ4n) is 2.90. The first-order valence-electron chi connectivity index (χ1n) is 9.54. The third-order valence-corrected chi connectivity index (χ3v) is 5.88. The van der Waals surface area contributed by atoms with Gasteiger partial charge in [-0.25, -0.2) is 4.79 Å². The van der Waals surface area contributed by atoms with Gasteiger partial charge in [-0.2, -0.15) is 0 Å². The van der Waals surface area contributed by atoms with Gasteiger partial charge < -0.3 is 20.3 Å². The van der Waals surface area contributed by atoms with E-state index in [0.717, 1.165) is 21.8 Å². The first-order chi connectivity index (χ1) is 14.9. The van der Waals surface area contributed by atoms with Gasteiger partial charge in [-0.3, -0.25) is 4.79 Å². The van der Waals surface area contributed by atoms with Crippen molar-refractivity contribution in [3.05, 3.63) is 76.7 Å². The normalized spacial score (nSPS) is 10.3. The Balaban J connectivity index is 1.72. The van der Waals surface area contributed by atoms with E-state index in [4.69, 9.17) is 17.0 Å². The third-order valence-electron chi connectivity index (χ3n) is 4.62. The van der Waals surface area contributed by atoms with Crippen molar-refractivity contribution in [2.45, 2.75) is 13.3 Å². The Hall–Kier alpha value is -3.23. The molecule has 0 saturated carbocycles. The van der Waals surface area contributed by atoms with Gasteiger partial charge in [0.25, 0.3) is 0 Å². The van der Waals surface area contributed by atoms with Crippen LogP contribution in [0.1, 0.15) is 27.7 Å². The average Bonchev–Trinajstić information content (AvgIpc) is 3.15. The Morgan fingerprint density at radius 3 is 2.35 bits per heavy atom. The van der Waals surface area contributed by atoms with Crippen LogP contribution in [0.4, 0.5) is 16.4 Å². The van der Waals surface area contributed by atoms with E-state index in [2.05, 4.69) is 10.6 Å². The number of benzene rings is 2. The van der Waals surface area contributed by atoms with Gasteiger partial charge >= 0.3 is 5.97 Å². The largest absolute Gasteiger partial charge is 0.465 e. The third kappa shape index (κ3) is 5.90. The summed E-state index contributed by atoms with van der Waals surface area (Å²) in [5, 5.41) is 7.19. The number of rotatable bonds is 6. The van der Waals surface area contributed by atoms with Gasteiger partial charge in [0.15, 0.2) is 5.11 Å². The number of nitrogens with zero attached hydrogens (tertiary/aromatic N) is 1. The summed E-state index contributed by atoms with van der Waals surface area (Å²) in [6.45, 7) is 1.51. The molecule has 0 aliphatic heterocycles. The first-order valence-corrected chi connectivity index (χ1v) is 10.8. The zero-order valence-electron chi connectivity index (χ0n) is 17.5. The zero-order valence-corrected chi connectivity index (χ0v) is 19.1. The Bertz CT molecular complexity index is 1080. The molecule has 1 amide bonds.